The van der Waals surface area contributed by atoms with Crippen LogP contribution in [0.2, 0.25) is 5.02 Å². The first kappa shape index (κ1) is 14.1. The van der Waals surface area contributed by atoms with E-state index in [1.165, 1.54) is 18.2 Å². The van der Waals surface area contributed by atoms with Gasteiger partial charge in [-0.25, -0.2) is 4.79 Å². The molecule has 20 heavy (non-hydrogen) atoms. The maximum atomic E-state index is 11.1. The summed E-state index contributed by atoms with van der Waals surface area (Å²) in [6.45, 7) is 3.39. The highest BCUT2D eigenvalue weighted by Crippen LogP contribution is 2.29. The maximum Gasteiger partial charge on any atom is 0.337 e. The highest BCUT2D eigenvalue weighted by molar-refractivity contribution is 6.32. The van der Waals surface area contributed by atoms with Crippen molar-refractivity contribution in [3.8, 4) is 5.69 Å². The number of halogens is 1. The largest absolute Gasteiger partial charge is 0.478 e. The average Bonchev–Trinajstić information content (AvgIpc) is 2.66. The molecule has 1 heterocycles. The number of hydrogen-bond acceptors (Lipinski definition) is 3. The number of aromatic nitrogens is 1. The van der Waals surface area contributed by atoms with Crippen LogP contribution in [0.4, 0.5) is 5.69 Å². The van der Waals surface area contributed by atoms with Gasteiger partial charge in [-0.05, 0) is 32.0 Å². The molecule has 1 aromatic carbocycles. The Morgan fingerprint density at radius 1 is 1.35 bits per heavy atom. The van der Waals surface area contributed by atoms with Gasteiger partial charge in [0.1, 0.15) is 5.02 Å². The van der Waals surface area contributed by atoms with Crippen molar-refractivity contribution < 1.29 is 14.8 Å². The van der Waals surface area contributed by atoms with E-state index in [9.17, 15) is 14.9 Å². The van der Waals surface area contributed by atoms with Crippen LogP contribution in [0.25, 0.3) is 5.69 Å². The monoisotopic (exact) mass is 294 g/mol. The summed E-state index contributed by atoms with van der Waals surface area (Å²) in [5, 5.41) is 20.0. The number of carboxylic acid groups (broad SMARTS) is 1. The highest BCUT2D eigenvalue weighted by atomic mass is 35.5. The minimum absolute atomic E-state index is 0.0414. The zero-order valence-electron chi connectivity index (χ0n) is 10.8. The van der Waals surface area contributed by atoms with E-state index < -0.39 is 10.9 Å². The Kier molecular flexibility index (Phi) is 3.50. The Hall–Kier alpha value is -2.34. The second-order valence-corrected chi connectivity index (χ2v) is 4.73. The van der Waals surface area contributed by atoms with Crippen LogP contribution in [-0.4, -0.2) is 20.6 Å². The van der Waals surface area contributed by atoms with E-state index in [0.717, 1.165) is 0 Å². The summed E-state index contributed by atoms with van der Waals surface area (Å²) in [5.41, 5.74) is 1.64. The molecule has 0 saturated carbocycles. The molecular formula is C13H11ClN2O4. The van der Waals surface area contributed by atoms with Crippen LogP contribution in [0.3, 0.4) is 0 Å². The molecule has 1 N–H and O–H groups in total. The summed E-state index contributed by atoms with van der Waals surface area (Å²) in [7, 11) is 0. The van der Waals surface area contributed by atoms with E-state index in [1.54, 1.807) is 24.5 Å². The van der Waals surface area contributed by atoms with Crippen molar-refractivity contribution in [2.24, 2.45) is 0 Å². The third kappa shape index (κ3) is 2.25. The topological polar surface area (TPSA) is 85.4 Å². The molecule has 0 aliphatic carbocycles. The third-order valence-corrected chi connectivity index (χ3v) is 3.37. The fraction of sp³-hybridized carbons (Fsp3) is 0.154. The second kappa shape index (κ2) is 4.97. The smallest absolute Gasteiger partial charge is 0.337 e. The molecule has 0 radical (unpaired) electrons. The first-order chi connectivity index (χ1) is 9.32. The molecule has 0 amide bonds. The molecule has 0 aliphatic rings. The summed E-state index contributed by atoms with van der Waals surface area (Å²) in [4.78, 5) is 21.4. The Morgan fingerprint density at radius 3 is 2.50 bits per heavy atom. The Balaban J connectivity index is 2.66. The summed E-state index contributed by atoms with van der Waals surface area (Å²) < 4.78 is 1.65. The van der Waals surface area contributed by atoms with E-state index in [-0.39, 0.29) is 16.3 Å². The fourth-order valence-corrected chi connectivity index (χ4v) is 2.34. The van der Waals surface area contributed by atoms with Crippen LogP contribution in [0.15, 0.2) is 24.3 Å². The maximum absolute atomic E-state index is 11.1. The van der Waals surface area contributed by atoms with Crippen molar-refractivity contribution in [2.45, 2.75) is 13.8 Å². The lowest BCUT2D eigenvalue weighted by atomic mass is 10.2. The van der Waals surface area contributed by atoms with Gasteiger partial charge in [0.15, 0.2) is 0 Å². The van der Waals surface area contributed by atoms with E-state index in [4.69, 9.17) is 16.7 Å². The number of carboxylic acids is 1. The molecule has 0 spiro atoms. The number of benzene rings is 1. The molecule has 2 aromatic rings. The van der Waals surface area contributed by atoms with Gasteiger partial charge in [0.05, 0.1) is 16.2 Å². The van der Waals surface area contributed by atoms with Gasteiger partial charge in [0, 0.05) is 17.5 Å². The van der Waals surface area contributed by atoms with Crippen molar-refractivity contribution in [1.29, 1.82) is 0 Å². The van der Waals surface area contributed by atoms with E-state index in [2.05, 4.69) is 0 Å². The molecule has 0 bridgehead atoms. The van der Waals surface area contributed by atoms with Crippen molar-refractivity contribution in [3.05, 3.63) is 56.4 Å². The zero-order valence-corrected chi connectivity index (χ0v) is 11.5. The van der Waals surface area contributed by atoms with Gasteiger partial charge in [-0.1, -0.05) is 11.6 Å². The summed E-state index contributed by atoms with van der Waals surface area (Å²) in [6.07, 6.45) is 0. The normalized spacial score (nSPS) is 10.6. The van der Waals surface area contributed by atoms with Crippen molar-refractivity contribution in [3.63, 3.8) is 0 Å². The van der Waals surface area contributed by atoms with Gasteiger partial charge in [-0.2, -0.15) is 0 Å². The lowest BCUT2D eigenvalue weighted by Gasteiger charge is -2.09. The number of nitrogens with zero attached hydrogens (tertiary/aromatic N) is 2. The van der Waals surface area contributed by atoms with E-state index >= 15 is 0 Å². The molecule has 0 fully saturated rings. The summed E-state index contributed by atoms with van der Waals surface area (Å²) >= 11 is 5.77. The highest BCUT2D eigenvalue weighted by Gasteiger charge is 2.18. The number of rotatable bonds is 3. The SMILES string of the molecule is Cc1cc(C(=O)O)c(C)n1-c1ccc(Cl)c([N+](=O)[O-])c1. The van der Waals surface area contributed by atoms with Crippen LogP contribution >= 0.6 is 11.6 Å². The molecule has 0 unspecified atom stereocenters. The Labute approximate surface area is 119 Å². The Morgan fingerprint density at radius 2 is 2.00 bits per heavy atom. The molecule has 0 atom stereocenters. The minimum Gasteiger partial charge on any atom is -0.478 e. The lowest BCUT2D eigenvalue weighted by Crippen LogP contribution is -2.03. The lowest BCUT2D eigenvalue weighted by molar-refractivity contribution is -0.384. The zero-order chi connectivity index (χ0) is 15.0. The van der Waals surface area contributed by atoms with Gasteiger partial charge in [0.25, 0.3) is 5.69 Å². The number of aromatic carboxylic acids is 1. The standard InChI is InChI=1S/C13H11ClN2O4/c1-7-5-10(13(17)18)8(2)15(7)9-3-4-11(14)12(6-9)16(19)20/h3-6H,1-2H3,(H,17,18). The first-order valence-electron chi connectivity index (χ1n) is 5.69. The number of nitro benzene ring substituents is 1. The summed E-state index contributed by atoms with van der Waals surface area (Å²) in [6, 6.07) is 5.89. The third-order valence-electron chi connectivity index (χ3n) is 3.05. The molecular weight excluding hydrogens is 284 g/mol. The number of aryl methyl sites for hydroxylation is 1. The fourth-order valence-electron chi connectivity index (χ4n) is 2.16. The van der Waals surface area contributed by atoms with Crippen LogP contribution in [0.1, 0.15) is 21.7 Å². The predicted octanol–water partition coefficient (Wildman–Crippen LogP) is 3.35. The minimum atomic E-state index is -1.03. The molecule has 6 nitrogen and oxygen atoms in total. The molecule has 0 saturated heterocycles. The average molecular weight is 295 g/mol. The van der Waals surface area contributed by atoms with Gasteiger partial charge < -0.3 is 9.67 Å². The quantitative estimate of drug-likeness (QED) is 0.695. The van der Waals surface area contributed by atoms with Crippen LogP contribution in [0, 0.1) is 24.0 Å². The first-order valence-corrected chi connectivity index (χ1v) is 6.07. The molecule has 2 rings (SSSR count). The Bertz CT molecular complexity index is 721. The molecule has 104 valence electrons. The number of carbonyl (C=O) groups is 1. The van der Waals surface area contributed by atoms with Crippen LogP contribution < -0.4 is 0 Å². The molecule has 1 aromatic heterocycles. The number of hydrogen-bond donors (Lipinski definition) is 1. The van der Waals surface area contributed by atoms with Crippen molar-refractivity contribution >= 4 is 23.3 Å². The van der Waals surface area contributed by atoms with Crippen molar-refractivity contribution in [1.82, 2.24) is 4.57 Å². The van der Waals surface area contributed by atoms with Gasteiger partial charge in [0.2, 0.25) is 0 Å². The predicted molar refractivity (Wildman–Crippen MR) is 73.9 cm³/mol. The van der Waals surface area contributed by atoms with Gasteiger partial charge in [-0.15, -0.1) is 0 Å². The number of nitro groups is 1. The van der Waals surface area contributed by atoms with E-state index in [1.807, 2.05) is 0 Å². The second-order valence-electron chi connectivity index (χ2n) is 4.32. The van der Waals surface area contributed by atoms with Gasteiger partial charge >= 0.3 is 5.97 Å². The van der Waals surface area contributed by atoms with E-state index in [0.29, 0.717) is 17.1 Å². The van der Waals surface area contributed by atoms with Crippen molar-refractivity contribution in [2.75, 3.05) is 0 Å². The van der Waals surface area contributed by atoms with Crippen LogP contribution in [-0.2, 0) is 0 Å². The molecule has 0 aliphatic heterocycles. The van der Waals surface area contributed by atoms with Gasteiger partial charge in [-0.3, -0.25) is 10.1 Å². The molecule has 7 heteroatoms. The van der Waals surface area contributed by atoms with Crippen LogP contribution in [0.5, 0.6) is 0 Å². The summed E-state index contributed by atoms with van der Waals surface area (Å²) in [5.74, 6) is -1.03.